The average Bonchev–Trinajstić information content (AvgIpc) is 3.01. The number of aromatic nitrogens is 2. The first kappa shape index (κ1) is 17.3. The highest BCUT2D eigenvalue weighted by Gasteiger charge is 2.14. The predicted molar refractivity (Wildman–Crippen MR) is 98.7 cm³/mol. The summed E-state index contributed by atoms with van der Waals surface area (Å²) in [4.78, 5) is 12.5. The third kappa shape index (κ3) is 4.32. The number of hydrogen-bond acceptors (Lipinski definition) is 3. The van der Waals surface area contributed by atoms with Crippen molar-refractivity contribution in [2.75, 3.05) is 12.4 Å². The molecule has 0 spiro atoms. The number of nitrogens with zero attached hydrogens (tertiary/aromatic N) is 2. The highest BCUT2D eigenvalue weighted by Crippen LogP contribution is 2.23. The molecule has 1 aromatic heterocycles. The molecule has 1 heterocycles. The highest BCUT2D eigenvalue weighted by molar-refractivity contribution is 6.31. The molecule has 0 aliphatic carbocycles. The van der Waals surface area contributed by atoms with Gasteiger partial charge in [0.2, 0.25) is 0 Å². The molecule has 0 aliphatic rings. The van der Waals surface area contributed by atoms with Crippen molar-refractivity contribution in [2.45, 2.75) is 6.54 Å². The van der Waals surface area contributed by atoms with Gasteiger partial charge in [0, 0.05) is 16.2 Å². The molecule has 128 valence electrons. The van der Waals surface area contributed by atoms with Crippen LogP contribution in [0.1, 0.15) is 15.9 Å². The van der Waals surface area contributed by atoms with Crippen molar-refractivity contribution in [3.63, 3.8) is 0 Å². The van der Waals surface area contributed by atoms with Gasteiger partial charge in [0.05, 0.1) is 31.1 Å². The van der Waals surface area contributed by atoms with Gasteiger partial charge in [0.1, 0.15) is 5.75 Å². The molecule has 3 rings (SSSR count). The lowest BCUT2D eigenvalue weighted by Crippen LogP contribution is -2.12. The quantitative estimate of drug-likeness (QED) is 0.714. The fourth-order valence-electron chi connectivity index (χ4n) is 2.39. The highest BCUT2D eigenvalue weighted by atomic mass is 35.5. The molecule has 3 aromatic rings. The van der Waals surface area contributed by atoms with Crippen molar-refractivity contribution in [1.29, 1.82) is 0 Å². The summed E-state index contributed by atoms with van der Waals surface area (Å²) >= 11 is 12.0. The molecule has 0 bridgehead atoms. The van der Waals surface area contributed by atoms with Crippen LogP contribution < -0.4 is 10.1 Å². The largest absolute Gasteiger partial charge is 0.496 e. The van der Waals surface area contributed by atoms with Crippen LogP contribution in [0.15, 0.2) is 54.9 Å². The van der Waals surface area contributed by atoms with Gasteiger partial charge in [-0.2, -0.15) is 5.10 Å². The van der Waals surface area contributed by atoms with Crippen molar-refractivity contribution in [3.8, 4) is 5.75 Å². The van der Waals surface area contributed by atoms with Gasteiger partial charge < -0.3 is 10.1 Å². The summed E-state index contributed by atoms with van der Waals surface area (Å²) in [5, 5.41) is 8.17. The maximum Gasteiger partial charge on any atom is 0.259 e. The Kier molecular flexibility index (Phi) is 5.26. The fraction of sp³-hybridized carbons (Fsp3) is 0.111. The number of anilines is 1. The zero-order chi connectivity index (χ0) is 17.8. The van der Waals surface area contributed by atoms with Crippen molar-refractivity contribution >= 4 is 34.8 Å². The Balaban J connectivity index is 1.73. The van der Waals surface area contributed by atoms with E-state index in [-0.39, 0.29) is 5.91 Å². The molecule has 0 radical (unpaired) electrons. The van der Waals surface area contributed by atoms with Crippen LogP contribution in [-0.4, -0.2) is 22.8 Å². The number of rotatable bonds is 5. The molecule has 0 unspecified atom stereocenters. The van der Waals surface area contributed by atoms with E-state index in [4.69, 9.17) is 27.9 Å². The number of amides is 1. The van der Waals surface area contributed by atoms with E-state index in [0.717, 1.165) is 5.56 Å². The third-order valence-corrected chi connectivity index (χ3v) is 4.00. The maximum atomic E-state index is 12.5. The Bertz CT molecular complexity index is 909. The number of ether oxygens (including phenoxy) is 1. The minimum atomic E-state index is -0.318. The monoisotopic (exact) mass is 375 g/mol. The first-order chi connectivity index (χ1) is 12.0. The number of nitrogens with one attached hydrogen (secondary N) is 1. The predicted octanol–water partition coefficient (Wildman–Crippen LogP) is 4.50. The standard InChI is InChI=1S/C18H15Cl2N3O2/c1-25-17-6-5-14(20)8-16(17)18(24)22-15-9-21-23(11-15)10-12-3-2-4-13(19)7-12/h2-9,11H,10H2,1H3,(H,22,24). The third-order valence-electron chi connectivity index (χ3n) is 3.53. The van der Waals surface area contributed by atoms with Crippen LogP contribution in [0.4, 0.5) is 5.69 Å². The van der Waals surface area contributed by atoms with E-state index in [2.05, 4.69) is 10.4 Å². The topological polar surface area (TPSA) is 56.1 Å². The van der Waals surface area contributed by atoms with E-state index in [1.54, 1.807) is 35.3 Å². The number of hydrogen-bond donors (Lipinski definition) is 1. The van der Waals surface area contributed by atoms with E-state index >= 15 is 0 Å². The van der Waals surface area contributed by atoms with Crippen molar-refractivity contribution in [3.05, 3.63) is 76.0 Å². The summed E-state index contributed by atoms with van der Waals surface area (Å²) in [6, 6.07) is 12.4. The minimum absolute atomic E-state index is 0.318. The first-order valence-corrected chi connectivity index (χ1v) is 8.22. The molecule has 0 fully saturated rings. The number of carbonyl (C=O) groups excluding carboxylic acids is 1. The smallest absolute Gasteiger partial charge is 0.259 e. The molecular weight excluding hydrogens is 361 g/mol. The zero-order valence-electron chi connectivity index (χ0n) is 13.4. The molecule has 7 heteroatoms. The van der Waals surface area contributed by atoms with Crippen LogP contribution in [0.2, 0.25) is 10.0 Å². The first-order valence-electron chi connectivity index (χ1n) is 7.47. The number of carbonyl (C=O) groups is 1. The Morgan fingerprint density at radius 2 is 2.00 bits per heavy atom. The number of benzene rings is 2. The Labute approximate surface area is 155 Å². The van der Waals surface area contributed by atoms with E-state index in [9.17, 15) is 4.79 Å². The second-order valence-electron chi connectivity index (χ2n) is 5.36. The maximum absolute atomic E-state index is 12.5. The normalized spacial score (nSPS) is 10.5. The SMILES string of the molecule is COc1ccc(Cl)cc1C(=O)Nc1cnn(Cc2cccc(Cl)c2)c1. The summed E-state index contributed by atoms with van der Waals surface area (Å²) < 4.78 is 6.92. The summed E-state index contributed by atoms with van der Waals surface area (Å²) in [6.07, 6.45) is 3.33. The number of halogens is 2. The van der Waals surface area contributed by atoms with E-state index in [1.807, 2.05) is 24.3 Å². The van der Waals surface area contributed by atoms with Gasteiger partial charge in [-0.25, -0.2) is 0 Å². The molecule has 0 atom stereocenters. The van der Waals surface area contributed by atoms with Crippen molar-refractivity contribution in [1.82, 2.24) is 9.78 Å². The van der Waals surface area contributed by atoms with Gasteiger partial charge in [0.15, 0.2) is 0 Å². The molecular formula is C18H15Cl2N3O2. The second-order valence-corrected chi connectivity index (χ2v) is 6.23. The summed E-state index contributed by atoms with van der Waals surface area (Å²) in [5.74, 6) is 0.134. The van der Waals surface area contributed by atoms with Crippen molar-refractivity contribution in [2.24, 2.45) is 0 Å². The number of methoxy groups -OCH3 is 1. The van der Waals surface area contributed by atoms with Crippen LogP contribution in [-0.2, 0) is 6.54 Å². The van der Waals surface area contributed by atoms with Crippen LogP contribution in [0, 0.1) is 0 Å². The summed E-state index contributed by atoms with van der Waals surface area (Å²) in [6.45, 7) is 0.552. The van der Waals surface area contributed by atoms with Crippen molar-refractivity contribution < 1.29 is 9.53 Å². The van der Waals surface area contributed by atoms with Gasteiger partial charge in [0.25, 0.3) is 5.91 Å². The second kappa shape index (κ2) is 7.59. The van der Waals surface area contributed by atoms with Crippen LogP contribution in [0.3, 0.4) is 0 Å². The van der Waals surface area contributed by atoms with Crippen LogP contribution in [0.25, 0.3) is 0 Å². The minimum Gasteiger partial charge on any atom is -0.496 e. The lowest BCUT2D eigenvalue weighted by molar-refractivity contribution is 0.102. The molecule has 5 nitrogen and oxygen atoms in total. The van der Waals surface area contributed by atoms with Gasteiger partial charge in [-0.15, -0.1) is 0 Å². The average molecular weight is 376 g/mol. The van der Waals surface area contributed by atoms with Crippen LogP contribution in [0.5, 0.6) is 5.75 Å². The molecule has 0 saturated heterocycles. The van der Waals surface area contributed by atoms with Gasteiger partial charge in [-0.3, -0.25) is 9.48 Å². The molecule has 25 heavy (non-hydrogen) atoms. The lowest BCUT2D eigenvalue weighted by atomic mass is 10.2. The van der Waals surface area contributed by atoms with Crippen LogP contribution >= 0.6 is 23.2 Å². The molecule has 0 saturated carbocycles. The molecule has 2 aromatic carbocycles. The summed E-state index contributed by atoms with van der Waals surface area (Å²) in [5.41, 5.74) is 1.96. The molecule has 0 aliphatic heterocycles. The molecule has 1 amide bonds. The van der Waals surface area contributed by atoms with E-state index in [0.29, 0.717) is 33.6 Å². The van der Waals surface area contributed by atoms with Gasteiger partial charge >= 0.3 is 0 Å². The van der Waals surface area contributed by atoms with Gasteiger partial charge in [-0.05, 0) is 35.9 Å². The summed E-state index contributed by atoms with van der Waals surface area (Å²) in [7, 11) is 1.50. The fourth-order valence-corrected chi connectivity index (χ4v) is 2.78. The zero-order valence-corrected chi connectivity index (χ0v) is 14.9. The molecule has 1 N–H and O–H groups in total. The van der Waals surface area contributed by atoms with E-state index in [1.165, 1.54) is 7.11 Å². The van der Waals surface area contributed by atoms with E-state index < -0.39 is 0 Å². The lowest BCUT2D eigenvalue weighted by Gasteiger charge is -2.08. The Hall–Kier alpha value is -2.50. The Morgan fingerprint density at radius 1 is 1.20 bits per heavy atom. The van der Waals surface area contributed by atoms with Gasteiger partial charge in [-0.1, -0.05) is 35.3 Å². The Morgan fingerprint density at radius 3 is 2.76 bits per heavy atom.